The van der Waals surface area contributed by atoms with Crippen molar-refractivity contribution < 1.29 is 14.3 Å². The van der Waals surface area contributed by atoms with Gasteiger partial charge in [0.15, 0.2) is 0 Å². The first kappa shape index (κ1) is 25.0. The van der Waals surface area contributed by atoms with Crippen molar-refractivity contribution in [2.45, 2.75) is 51.7 Å². The van der Waals surface area contributed by atoms with Crippen molar-refractivity contribution in [1.29, 1.82) is 0 Å². The molecular formula is C29H34N2O3. The molecule has 5 heteroatoms. The van der Waals surface area contributed by atoms with Crippen molar-refractivity contribution in [2.24, 2.45) is 0 Å². The van der Waals surface area contributed by atoms with E-state index in [1.807, 2.05) is 105 Å². The highest BCUT2D eigenvalue weighted by molar-refractivity contribution is 5.88. The minimum absolute atomic E-state index is 0.0151. The maximum Gasteiger partial charge on any atom is 0.243 e. The van der Waals surface area contributed by atoms with E-state index in [9.17, 15) is 9.59 Å². The summed E-state index contributed by atoms with van der Waals surface area (Å²) in [6.45, 7) is 4.68. The van der Waals surface area contributed by atoms with E-state index < -0.39 is 6.04 Å². The maximum atomic E-state index is 13.5. The zero-order chi connectivity index (χ0) is 24.2. The summed E-state index contributed by atoms with van der Waals surface area (Å²) in [4.78, 5) is 28.5. The third kappa shape index (κ3) is 8.07. The second-order valence-corrected chi connectivity index (χ2v) is 8.64. The molecule has 0 radical (unpaired) electrons. The Labute approximate surface area is 202 Å². The standard InChI is InChI=1S/C29H34N2O3/c1-23(2)30-29(33)27(21-24-13-6-3-7-14-24)31(22-25-15-8-4-9-16-25)28(32)19-12-20-34-26-17-10-5-11-18-26/h3-11,13-18,23,27H,12,19-22H2,1-2H3,(H,30,33)/t27-/m0/s1. The number of carbonyl (C=O) groups is 2. The van der Waals surface area contributed by atoms with E-state index in [4.69, 9.17) is 4.74 Å². The lowest BCUT2D eigenvalue weighted by Crippen LogP contribution is -2.51. The highest BCUT2D eigenvalue weighted by atomic mass is 16.5. The summed E-state index contributed by atoms with van der Waals surface area (Å²) in [5, 5.41) is 3.02. The van der Waals surface area contributed by atoms with Crippen LogP contribution in [0.2, 0.25) is 0 Å². The second-order valence-electron chi connectivity index (χ2n) is 8.64. The van der Waals surface area contributed by atoms with E-state index >= 15 is 0 Å². The maximum absolute atomic E-state index is 13.5. The lowest BCUT2D eigenvalue weighted by molar-refractivity contribution is -0.141. The molecule has 3 aromatic carbocycles. The number of hydrogen-bond acceptors (Lipinski definition) is 3. The Kier molecular flexibility index (Phi) is 9.71. The van der Waals surface area contributed by atoms with E-state index in [2.05, 4.69) is 5.32 Å². The molecule has 0 fully saturated rings. The Morgan fingerprint density at radius 3 is 1.97 bits per heavy atom. The Balaban J connectivity index is 1.76. The number of para-hydroxylation sites is 1. The molecule has 0 heterocycles. The molecule has 0 aliphatic carbocycles. The molecule has 0 aromatic heterocycles. The van der Waals surface area contributed by atoms with Crippen molar-refractivity contribution in [3.05, 3.63) is 102 Å². The van der Waals surface area contributed by atoms with Gasteiger partial charge in [0.1, 0.15) is 11.8 Å². The van der Waals surface area contributed by atoms with Crippen LogP contribution >= 0.6 is 0 Å². The molecule has 178 valence electrons. The monoisotopic (exact) mass is 458 g/mol. The van der Waals surface area contributed by atoms with Gasteiger partial charge in [0.25, 0.3) is 0 Å². The van der Waals surface area contributed by atoms with Gasteiger partial charge >= 0.3 is 0 Å². The molecule has 0 saturated heterocycles. The fourth-order valence-corrected chi connectivity index (χ4v) is 3.79. The molecule has 0 spiro atoms. The number of carbonyl (C=O) groups excluding carboxylic acids is 2. The van der Waals surface area contributed by atoms with Crippen LogP contribution < -0.4 is 10.1 Å². The number of nitrogens with one attached hydrogen (secondary N) is 1. The zero-order valence-electron chi connectivity index (χ0n) is 20.0. The van der Waals surface area contributed by atoms with Gasteiger partial charge in [-0.25, -0.2) is 0 Å². The van der Waals surface area contributed by atoms with Crippen LogP contribution in [0.15, 0.2) is 91.0 Å². The molecule has 3 rings (SSSR count). The van der Waals surface area contributed by atoms with E-state index in [1.165, 1.54) is 0 Å². The first-order valence-corrected chi connectivity index (χ1v) is 11.9. The fraction of sp³-hybridized carbons (Fsp3) is 0.310. The van der Waals surface area contributed by atoms with Crippen molar-refractivity contribution in [2.75, 3.05) is 6.61 Å². The van der Waals surface area contributed by atoms with Gasteiger partial charge in [-0.1, -0.05) is 78.9 Å². The number of nitrogens with zero attached hydrogens (tertiary/aromatic N) is 1. The van der Waals surface area contributed by atoms with Gasteiger partial charge < -0.3 is 15.0 Å². The summed E-state index contributed by atoms with van der Waals surface area (Å²) in [7, 11) is 0. The van der Waals surface area contributed by atoms with Crippen LogP contribution in [0, 0.1) is 0 Å². The SMILES string of the molecule is CC(C)NC(=O)[C@H](Cc1ccccc1)N(Cc1ccccc1)C(=O)CCCOc1ccccc1. The zero-order valence-corrected chi connectivity index (χ0v) is 20.0. The van der Waals surface area contributed by atoms with Gasteiger partial charge in [-0.05, 0) is 43.5 Å². The summed E-state index contributed by atoms with van der Waals surface area (Å²) in [6.07, 6.45) is 1.33. The molecule has 1 atom stereocenters. The predicted molar refractivity (Wildman–Crippen MR) is 135 cm³/mol. The van der Waals surface area contributed by atoms with Gasteiger partial charge in [0, 0.05) is 25.4 Å². The second kappa shape index (κ2) is 13.2. The van der Waals surface area contributed by atoms with Crippen molar-refractivity contribution in [1.82, 2.24) is 10.2 Å². The van der Waals surface area contributed by atoms with Crippen LogP contribution in [0.5, 0.6) is 5.75 Å². The minimum Gasteiger partial charge on any atom is -0.494 e. The Morgan fingerprint density at radius 1 is 0.824 bits per heavy atom. The summed E-state index contributed by atoms with van der Waals surface area (Å²) in [5.41, 5.74) is 2.01. The summed E-state index contributed by atoms with van der Waals surface area (Å²) in [5.74, 6) is 0.596. The number of amides is 2. The van der Waals surface area contributed by atoms with E-state index in [0.717, 1.165) is 16.9 Å². The van der Waals surface area contributed by atoms with E-state index in [1.54, 1.807) is 4.90 Å². The molecule has 0 saturated carbocycles. The summed E-state index contributed by atoms with van der Waals surface area (Å²) >= 11 is 0. The molecule has 0 aliphatic heterocycles. The molecule has 0 aliphatic rings. The van der Waals surface area contributed by atoms with Gasteiger partial charge in [-0.3, -0.25) is 9.59 Å². The van der Waals surface area contributed by atoms with Crippen LogP contribution in [-0.4, -0.2) is 35.4 Å². The third-order valence-corrected chi connectivity index (χ3v) is 5.44. The van der Waals surface area contributed by atoms with Crippen LogP contribution in [-0.2, 0) is 22.6 Å². The van der Waals surface area contributed by atoms with Crippen LogP contribution in [0.3, 0.4) is 0 Å². The molecule has 5 nitrogen and oxygen atoms in total. The quantitative estimate of drug-likeness (QED) is 0.388. The van der Waals surface area contributed by atoms with Gasteiger partial charge in [0.05, 0.1) is 6.61 Å². The van der Waals surface area contributed by atoms with E-state index in [-0.39, 0.29) is 17.9 Å². The molecular weight excluding hydrogens is 424 g/mol. The summed E-state index contributed by atoms with van der Waals surface area (Å²) in [6, 6.07) is 28.6. The van der Waals surface area contributed by atoms with Crippen LogP contribution in [0.1, 0.15) is 37.8 Å². The van der Waals surface area contributed by atoms with Gasteiger partial charge in [-0.2, -0.15) is 0 Å². The smallest absolute Gasteiger partial charge is 0.243 e. The molecule has 34 heavy (non-hydrogen) atoms. The number of hydrogen-bond donors (Lipinski definition) is 1. The third-order valence-electron chi connectivity index (χ3n) is 5.44. The Bertz CT molecular complexity index is 1010. The lowest BCUT2D eigenvalue weighted by Gasteiger charge is -2.32. The average molecular weight is 459 g/mol. The average Bonchev–Trinajstić information content (AvgIpc) is 2.85. The molecule has 0 unspecified atom stereocenters. The minimum atomic E-state index is -0.604. The molecule has 0 bridgehead atoms. The highest BCUT2D eigenvalue weighted by Crippen LogP contribution is 2.17. The first-order chi connectivity index (χ1) is 16.5. The van der Waals surface area contributed by atoms with Crippen LogP contribution in [0.4, 0.5) is 0 Å². The predicted octanol–water partition coefficient (Wildman–Crippen LogP) is 5.01. The normalized spacial score (nSPS) is 11.6. The molecule has 3 aromatic rings. The Hall–Kier alpha value is -3.60. The highest BCUT2D eigenvalue weighted by Gasteiger charge is 2.30. The van der Waals surface area contributed by atoms with E-state index in [0.29, 0.717) is 32.4 Å². The topological polar surface area (TPSA) is 58.6 Å². The molecule has 2 amide bonds. The Morgan fingerprint density at radius 2 is 1.38 bits per heavy atom. The number of benzene rings is 3. The number of rotatable bonds is 12. The first-order valence-electron chi connectivity index (χ1n) is 11.9. The van der Waals surface area contributed by atoms with Gasteiger partial charge in [0.2, 0.25) is 11.8 Å². The number of ether oxygens (including phenoxy) is 1. The van der Waals surface area contributed by atoms with Gasteiger partial charge in [-0.15, -0.1) is 0 Å². The largest absolute Gasteiger partial charge is 0.494 e. The van der Waals surface area contributed by atoms with Crippen molar-refractivity contribution in [3.8, 4) is 5.75 Å². The van der Waals surface area contributed by atoms with Crippen LogP contribution in [0.25, 0.3) is 0 Å². The van der Waals surface area contributed by atoms with Crippen molar-refractivity contribution in [3.63, 3.8) is 0 Å². The fourth-order valence-electron chi connectivity index (χ4n) is 3.79. The molecule has 1 N–H and O–H groups in total. The summed E-state index contributed by atoms with van der Waals surface area (Å²) < 4.78 is 5.76. The van der Waals surface area contributed by atoms with Crippen molar-refractivity contribution >= 4 is 11.8 Å². The lowest BCUT2D eigenvalue weighted by atomic mass is 10.0.